The van der Waals surface area contributed by atoms with Crippen molar-refractivity contribution in [2.75, 3.05) is 19.1 Å². The lowest BCUT2D eigenvalue weighted by atomic mass is 10.2. The number of likely N-dealkylation sites (N-methyl/N-ethyl adjacent to an activating group) is 1. The van der Waals surface area contributed by atoms with Gasteiger partial charge < -0.3 is 14.4 Å². The molecule has 2 aromatic carbocycles. The van der Waals surface area contributed by atoms with Gasteiger partial charge in [-0.05, 0) is 31.2 Å². The Morgan fingerprint density at radius 3 is 2.46 bits per heavy atom. The van der Waals surface area contributed by atoms with Gasteiger partial charge in [-0.1, -0.05) is 18.2 Å². The number of carbonyl (C=O) groups excluding carboxylic acids is 1. The molecule has 0 saturated carbocycles. The smallest absolute Gasteiger partial charge is 0.314 e. The molecule has 0 radical (unpaired) electrons. The van der Waals surface area contributed by atoms with Crippen LogP contribution in [0.2, 0.25) is 0 Å². The van der Waals surface area contributed by atoms with E-state index in [-0.39, 0.29) is 17.3 Å². The van der Waals surface area contributed by atoms with Gasteiger partial charge in [0.05, 0.1) is 18.1 Å². The third-order valence-electron chi connectivity index (χ3n) is 3.49. The molecule has 0 aromatic heterocycles. The van der Waals surface area contributed by atoms with Crippen LogP contribution in [-0.4, -0.2) is 31.1 Å². The van der Waals surface area contributed by atoms with Gasteiger partial charge in [0, 0.05) is 12.7 Å². The van der Waals surface area contributed by atoms with E-state index in [9.17, 15) is 14.9 Å². The monoisotopic (exact) mass is 330 g/mol. The minimum Gasteiger partial charge on any atom is -0.496 e. The molecule has 1 unspecified atom stereocenters. The maximum absolute atomic E-state index is 12.5. The van der Waals surface area contributed by atoms with Crippen LogP contribution in [-0.2, 0) is 4.79 Å². The quantitative estimate of drug-likeness (QED) is 0.600. The van der Waals surface area contributed by atoms with E-state index in [1.807, 2.05) is 18.2 Å². The zero-order valence-electron chi connectivity index (χ0n) is 13.6. The molecule has 2 rings (SSSR count). The van der Waals surface area contributed by atoms with Gasteiger partial charge in [-0.2, -0.15) is 0 Å². The highest BCUT2D eigenvalue weighted by Gasteiger charge is 2.24. The van der Waals surface area contributed by atoms with Crippen LogP contribution < -0.4 is 14.4 Å². The van der Waals surface area contributed by atoms with Crippen molar-refractivity contribution in [2.45, 2.75) is 13.0 Å². The molecule has 0 aliphatic rings. The minimum absolute atomic E-state index is 0.0168. The number of nitrogens with zero attached hydrogens (tertiary/aromatic N) is 2. The predicted molar refractivity (Wildman–Crippen MR) is 89.6 cm³/mol. The van der Waals surface area contributed by atoms with Gasteiger partial charge in [0.1, 0.15) is 5.75 Å². The lowest BCUT2D eigenvalue weighted by Gasteiger charge is -2.22. The van der Waals surface area contributed by atoms with E-state index in [0.29, 0.717) is 11.4 Å². The number of para-hydroxylation sites is 1. The van der Waals surface area contributed by atoms with Gasteiger partial charge in [0.15, 0.2) is 11.9 Å². The number of ether oxygens (including phenoxy) is 2. The van der Waals surface area contributed by atoms with Crippen LogP contribution in [0.25, 0.3) is 0 Å². The van der Waals surface area contributed by atoms with Gasteiger partial charge in [-0.25, -0.2) is 0 Å². The molecule has 0 fully saturated rings. The van der Waals surface area contributed by atoms with Crippen LogP contribution >= 0.6 is 0 Å². The standard InChI is InChI=1S/C17H18N2O5/c1-12(17(20)18(2)13-7-5-4-6-8-13)24-16-10-9-14(23-3)11-15(16)19(21)22/h4-12H,1-3H3. The summed E-state index contributed by atoms with van der Waals surface area (Å²) in [4.78, 5) is 24.5. The Morgan fingerprint density at radius 1 is 1.21 bits per heavy atom. The van der Waals surface area contributed by atoms with Gasteiger partial charge in [0.2, 0.25) is 0 Å². The molecule has 0 aliphatic heterocycles. The van der Waals surface area contributed by atoms with E-state index in [2.05, 4.69) is 0 Å². The Kier molecular flexibility index (Phi) is 5.36. The van der Waals surface area contributed by atoms with Gasteiger partial charge in [-0.15, -0.1) is 0 Å². The van der Waals surface area contributed by atoms with Crippen molar-refractivity contribution in [2.24, 2.45) is 0 Å². The third kappa shape index (κ3) is 3.81. The van der Waals surface area contributed by atoms with Crippen LogP contribution in [0.15, 0.2) is 48.5 Å². The minimum atomic E-state index is -0.887. The normalized spacial score (nSPS) is 11.5. The number of amides is 1. The molecular formula is C17H18N2O5. The van der Waals surface area contributed by atoms with Gasteiger partial charge in [-0.3, -0.25) is 14.9 Å². The highest BCUT2D eigenvalue weighted by Crippen LogP contribution is 2.32. The van der Waals surface area contributed by atoms with Crippen molar-refractivity contribution in [1.82, 2.24) is 0 Å². The molecule has 1 atom stereocenters. The second-order valence-electron chi connectivity index (χ2n) is 5.08. The number of anilines is 1. The van der Waals surface area contributed by atoms with Gasteiger partial charge >= 0.3 is 5.69 Å². The third-order valence-corrected chi connectivity index (χ3v) is 3.49. The predicted octanol–water partition coefficient (Wildman–Crippen LogP) is 3.03. The maximum atomic E-state index is 12.5. The van der Waals surface area contributed by atoms with Crippen molar-refractivity contribution < 1.29 is 19.2 Å². The summed E-state index contributed by atoms with van der Waals surface area (Å²) in [6.07, 6.45) is -0.887. The largest absolute Gasteiger partial charge is 0.496 e. The molecule has 7 nitrogen and oxygen atoms in total. The molecule has 0 heterocycles. The fourth-order valence-corrected chi connectivity index (χ4v) is 2.16. The lowest BCUT2D eigenvalue weighted by molar-refractivity contribution is -0.386. The van der Waals surface area contributed by atoms with Crippen LogP contribution in [0.1, 0.15) is 6.92 Å². The van der Waals surface area contributed by atoms with Crippen LogP contribution in [0.3, 0.4) is 0 Å². The highest BCUT2D eigenvalue weighted by atomic mass is 16.6. The zero-order valence-corrected chi connectivity index (χ0v) is 13.6. The summed E-state index contributed by atoms with van der Waals surface area (Å²) in [6, 6.07) is 13.3. The van der Waals surface area contributed by atoms with Gasteiger partial charge in [0.25, 0.3) is 5.91 Å². The van der Waals surface area contributed by atoms with E-state index in [0.717, 1.165) is 0 Å². The topological polar surface area (TPSA) is 81.9 Å². The second-order valence-corrected chi connectivity index (χ2v) is 5.08. The molecular weight excluding hydrogens is 312 g/mol. The number of carbonyl (C=O) groups is 1. The number of hydrogen-bond acceptors (Lipinski definition) is 5. The first-order valence-corrected chi connectivity index (χ1v) is 7.25. The Labute approximate surface area is 139 Å². The lowest BCUT2D eigenvalue weighted by Crippen LogP contribution is -2.38. The van der Waals surface area contributed by atoms with Crippen LogP contribution in [0, 0.1) is 10.1 Å². The van der Waals surface area contributed by atoms with Crippen molar-refractivity contribution in [1.29, 1.82) is 0 Å². The molecule has 0 bridgehead atoms. The number of hydrogen-bond donors (Lipinski definition) is 0. The van der Waals surface area contributed by atoms with Crippen molar-refractivity contribution in [3.05, 3.63) is 58.6 Å². The first kappa shape index (κ1) is 17.3. The number of rotatable bonds is 6. The molecule has 126 valence electrons. The fourth-order valence-electron chi connectivity index (χ4n) is 2.16. The Balaban J connectivity index is 2.18. The zero-order chi connectivity index (χ0) is 17.7. The number of nitro benzene ring substituents is 1. The first-order valence-electron chi connectivity index (χ1n) is 7.25. The summed E-state index contributed by atoms with van der Waals surface area (Å²) in [7, 11) is 3.04. The summed E-state index contributed by atoms with van der Waals surface area (Å²) in [5.41, 5.74) is 0.457. The average molecular weight is 330 g/mol. The van der Waals surface area contributed by atoms with Crippen LogP contribution in [0.4, 0.5) is 11.4 Å². The van der Waals surface area contributed by atoms with Crippen molar-refractivity contribution >= 4 is 17.3 Å². The van der Waals surface area contributed by atoms with Crippen molar-refractivity contribution in [3.63, 3.8) is 0 Å². The van der Waals surface area contributed by atoms with E-state index < -0.39 is 11.0 Å². The molecule has 0 saturated heterocycles. The van der Waals surface area contributed by atoms with E-state index in [4.69, 9.17) is 9.47 Å². The van der Waals surface area contributed by atoms with Crippen LogP contribution in [0.5, 0.6) is 11.5 Å². The summed E-state index contributed by atoms with van der Waals surface area (Å²) >= 11 is 0. The molecule has 1 amide bonds. The van der Waals surface area contributed by atoms with E-state index in [1.54, 1.807) is 32.2 Å². The maximum Gasteiger partial charge on any atom is 0.314 e. The Hall–Kier alpha value is -3.09. The SMILES string of the molecule is COc1ccc(OC(C)C(=O)N(C)c2ccccc2)c([N+](=O)[O-])c1. The second kappa shape index (κ2) is 7.45. The average Bonchev–Trinajstić information content (AvgIpc) is 2.61. The number of methoxy groups -OCH3 is 1. The summed E-state index contributed by atoms with van der Waals surface area (Å²) in [5, 5.41) is 11.2. The summed E-state index contributed by atoms with van der Waals surface area (Å²) < 4.78 is 10.5. The highest BCUT2D eigenvalue weighted by molar-refractivity contribution is 5.96. The summed E-state index contributed by atoms with van der Waals surface area (Å²) in [6.45, 7) is 1.55. The molecule has 24 heavy (non-hydrogen) atoms. The van der Waals surface area contributed by atoms with E-state index >= 15 is 0 Å². The molecule has 2 aromatic rings. The molecule has 0 N–H and O–H groups in total. The fraction of sp³-hybridized carbons (Fsp3) is 0.235. The summed E-state index contributed by atoms with van der Waals surface area (Å²) in [5.74, 6) is 0.0452. The Bertz CT molecular complexity index is 733. The first-order chi connectivity index (χ1) is 11.4. The molecule has 0 spiro atoms. The van der Waals surface area contributed by atoms with Crippen molar-refractivity contribution in [3.8, 4) is 11.5 Å². The van der Waals surface area contributed by atoms with E-state index in [1.165, 1.54) is 24.1 Å². The molecule has 7 heteroatoms. The number of benzene rings is 2. The molecule has 0 aliphatic carbocycles. The number of nitro groups is 1. The Morgan fingerprint density at radius 2 is 1.88 bits per heavy atom.